The summed E-state index contributed by atoms with van der Waals surface area (Å²) in [5, 5.41) is 1.10. The summed E-state index contributed by atoms with van der Waals surface area (Å²) in [5.74, 6) is 0.722. The van der Waals surface area contributed by atoms with Crippen molar-refractivity contribution in [2.45, 2.75) is 37.8 Å². The Bertz CT molecular complexity index is 966. The molecule has 0 unspecified atom stereocenters. The molecule has 29 heavy (non-hydrogen) atoms. The first-order valence-electron chi connectivity index (χ1n) is 10.4. The van der Waals surface area contributed by atoms with Crippen molar-refractivity contribution in [3.63, 3.8) is 0 Å². The molecule has 2 fully saturated rings. The van der Waals surface area contributed by atoms with Crippen LogP contribution in [0.5, 0.6) is 0 Å². The van der Waals surface area contributed by atoms with Gasteiger partial charge in [-0.1, -0.05) is 17.8 Å². The second-order valence-corrected chi connectivity index (χ2v) is 9.27. The average Bonchev–Trinajstić information content (AvgIpc) is 3.12. The second kappa shape index (κ2) is 7.14. The molecule has 3 heterocycles. The molecule has 0 bridgehead atoms. The zero-order valence-corrected chi connectivity index (χ0v) is 17.7. The van der Waals surface area contributed by atoms with E-state index in [-0.39, 0.29) is 5.96 Å². The highest BCUT2D eigenvalue weighted by atomic mass is 32.1. The Balaban J connectivity index is 1.50. The number of hydrogen-bond donors (Lipinski definition) is 2. The first-order chi connectivity index (χ1) is 14.0. The number of aromatic nitrogens is 1. The van der Waals surface area contributed by atoms with Crippen LogP contribution in [0.15, 0.2) is 28.2 Å². The summed E-state index contributed by atoms with van der Waals surface area (Å²) >= 11 is 1.75. The van der Waals surface area contributed by atoms with Gasteiger partial charge in [0, 0.05) is 31.9 Å². The average molecular weight is 413 g/mol. The molecule has 5 rings (SSSR count). The van der Waals surface area contributed by atoms with Gasteiger partial charge in [-0.2, -0.15) is 4.99 Å². The fraction of sp³-hybridized carbons (Fsp3) is 0.550. The van der Waals surface area contributed by atoms with E-state index in [4.69, 9.17) is 21.4 Å². The quantitative estimate of drug-likeness (QED) is 0.784. The lowest BCUT2D eigenvalue weighted by Gasteiger charge is -2.45. The number of nitrogens with zero attached hydrogens (tertiary/aromatic N) is 6. The van der Waals surface area contributed by atoms with E-state index in [9.17, 15) is 0 Å². The van der Waals surface area contributed by atoms with Gasteiger partial charge in [-0.3, -0.25) is 4.90 Å². The molecule has 2 aromatic rings. The van der Waals surface area contributed by atoms with E-state index in [0.717, 1.165) is 72.9 Å². The number of likely N-dealkylation sites (N-methyl/N-ethyl adjacent to an activating group) is 1. The smallest absolute Gasteiger partial charge is 0.220 e. The van der Waals surface area contributed by atoms with Crippen LogP contribution in [0.3, 0.4) is 0 Å². The van der Waals surface area contributed by atoms with E-state index in [2.05, 4.69) is 44.9 Å². The Morgan fingerprint density at radius 1 is 1.03 bits per heavy atom. The number of guanidine groups is 2. The predicted octanol–water partition coefficient (Wildman–Crippen LogP) is 2.16. The van der Waals surface area contributed by atoms with Crippen molar-refractivity contribution >= 4 is 44.3 Å². The van der Waals surface area contributed by atoms with Crippen LogP contribution >= 0.6 is 11.3 Å². The maximum Gasteiger partial charge on any atom is 0.220 e. The van der Waals surface area contributed by atoms with E-state index in [1.54, 1.807) is 11.3 Å². The molecule has 1 aromatic carbocycles. The lowest BCUT2D eigenvalue weighted by molar-refractivity contribution is 0.305. The highest BCUT2D eigenvalue weighted by Gasteiger charge is 2.42. The molecule has 1 spiro atoms. The van der Waals surface area contributed by atoms with Gasteiger partial charge >= 0.3 is 0 Å². The van der Waals surface area contributed by atoms with Gasteiger partial charge in [-0.25, -0.2) is 9.98 Å². The molecule has 1 saturated carbocycles. The minimum Gasteiger partial charge on any atom is -0.369 e. The minimum absolute atomic E-state index is 0.289. The standard InChI is InChI=1S/C20H28N8S/c1-26-9-11-27(12-10-26)19-23-15-6-5-14(13-16(15)29-19)28-18(22)24-17(21)25-20(28)7-3-2-4-8-20/h5-6,13H,2-4,7-12H2,1H3,(H4,21,22,24,25). The van der Waals surface area contributed by atoms with Gasteiger partial charge < -0.3 is 21.3 Å². The second-order valence-electron chi connectivity index (χ2n) is 8.26. The number of hydrogen-bond acceptors (Lipinski definition) is 9. The monoisotopic (exact) mass is 412 g/mol. The normalized spacial score (nSPS) is 22.8. The Labute approximate surface area is 174 Å². The van der Waals surface area contributed by atoms with Gasteiger partial charge in [0.05, 0.1) is 10.2 Å². The number of piperazine rings is 1. The summed E-state index contributed by atoms with van der Waals surface area (Å²) in [7, 11) is 2.17. The van der Waals surface area contributed by atoms with Gasteiger partial charge in [0.1, 0.15) is 5.66 Å². The summed E-state index contributed by atoms with van der Waals surface area (Å²) in [6.07, 6.45) is 5.35. The summed E-state index contributed by atoms with van der Waals surface area (Å²) in [5.41, 5.74) is 14.0. The third-order valence-electron chi connectivity index (χ3n) is 6.24. The van der Waals surface area contributed by atoms with Crippen LogP contribution < -0.4 is 21.3 Å². The lowest BCUT2D eigenvalue weighted by atomic mass is 9.87. The van der Waals surface area contributed by atoms with Crippen LogP contribution in [0.25, 0.3) is 10.2 Å². The number of aliphatic imine (C=N–C) groups is 2. The van der Waals surface area contributed by atoms with Crippen LogP contribution in [0.4, 0.5) is 10.8 Å². The molecule has 1 aliphatic carbocycles. The van der Waals surface area contributed by atoms with Crippen LogP contribution in [0, 0.1) is 0 Å². The van der Waals surface area contributed by atoms with Crippen molar-refractivity contribution in [1.29, 1.82) is 0 Å². The molecule has 154 valence electrons. The van der Waals surface area contributed by atoms with E-state index in [0.29, 0.717) is 5.96 Å². The van der Waals surface area contributed by atoms with Gasteiger partial charge in [0.2, 0.25) is 11.9 Å². The van der Waals surface area contributed by atoms with Crippen LogP contribution in [-0.4, -0.2) is 60.7 Å². The molecule has 1 saturated heterocycles. The number of anilines is 2. The summed E-state index contributed by atoms with van der Waals surface area (Å²) < 4.78 is 1.16. The molecule has 2 aliphatic heterocycles. The van der Waals surface area contributed by atoms with Crippen molar-refractivity contribution in [1.82, 2.24) is 9.88 Å². The number of benzene rings is 1. The Morgan fingerprint density at radius 3 is 2.55 bits per heavy atom. The van der Waals surface area contributed by atoms with Crippen molar-refractivity contribution in [3.05, 3.63) is 18.2 Å². The van der Waals surface area contributed by atoms with Gasteiger partial charge in [0.25, 0.3) is 0 Å². The van der Waals surface area contributed by atoms with Gasteiger partial charge in [0.15, 0.2) is 5.13 Å². The molecule has 8 nitrogen and oxygen atoms in total. The van der Waals surface area contributed by atoms with Crippen LogP contribution in [0.1, 0.15) is 32.1 Å². The summed E-state index contributed by atoms with van der Waals surface area (Å²) in [6, 6.07) is 6.36. The molecule has 4 N–H and O–H groups in total. The van der Waals surface area contributed by atoms with Gasteiger partial charge in [-0.15, -0.1) is 0 Å². The van der Waals surface area contributed by atoms with Gasteiger partial charge in [-0.05, 0) is 50.9 Å². The zero-order valence-electron chi connectivity index (χ0n) is 16.8. The lowest BCUT2D eigenvalue weighted by Crippen LogP contribution is -2.58. The highest BCUT2D eigenvalue weighted by molar-refractivity contribution is 7.22. The third kappa shape index (κ3) is 3.32. The van der Waals surface area contributed by atoms with Crippen LogP contribution in [-0.2, 0) is 0 Å². The van der Waals surface area contributed by atoms with Crippen molar-refractivity contribution in [3.8, 4) is 0 Å². The van der Waals surface area contributed by atoms with Crippen molar-refractivity contribution < 1.29 is 0 Å². The fourth-order valence-electron chi connectivity index (χ4n) is 4.67. The molecule has 9 heteroatoms. The minimum atomic E-state index is -0.410. The SMILES string of the molecule is CN1CCN(c2nc3ccc(N4C(N)=NC(N)=NC45CCCCC5)cc3s2)CC1. The number of thiazole rings is 1. The molecule has 3 aliphatic rings. The molecule has 0 atom stereocenters. The molecular weight excluding hydrogens is 384 g/mol. The topological polar surface area (TPSA) is 99.4 Å². The largest absolute Gasteiger partial charge is 0.369 e. The number of fused-ring (bicyclic) bond motifs is 1. The Kier molecular flexibility index (Phi) is 4.59. The molecule has 0 amide bonds. The first kappa shape index (κ1) is 18.6. The maximum absolute atomic E-state index is 6.38. The van der Waals surface area contributed by atoms with E-state index in [1.165, 1.54) is 6.42 Å². The van der Waals surface area contributed by atoms with E-state index >= 15 is 0 Å². The number of rotatable bonds is 2. The van der Waals surface area contributed by atoms with Crippen LogP contribution in [0.2, 0.25) is 0 Å². The third-order valence-corrected chi connectivity index (χ3v) is 7.32. The number of nitrogens with two attached hydrogens (primary N) is 2. The zero-order chi connectivity index (χ0) is 20.0. The molecule has 1 aromatic heterocycles. The first-order valence-corrected chi connectivity index (χ1v) is 11.2. The predicted molar refractivity (Wildman–Crippen MR) is 121 cm³/mol. The summed E-state index contributed by atoms with van der Waals surface area (Å²) in [4.78, 5) is 20.8. The van der Waals surface area contributed by atoms with E-state index in [1.807, 2.05) is 0 Å². The summed E-state index contributed by atoms with van der Waals surface area (Å²) in [6.45, 7) is 4.19. The van der Waals surface area contributed by atoms with Crippen molar-refractivity contribution in [2.24, 2.45) is 21.5 Å². The van der Waals surface area contributed by atoms with Crippen molar-refractivity contribution in [2.75, 3.05) is 43.0 Å². The fourth-order valence-corrected chi connectivity index (χ4v) is 5.72. The maximum atomic E-state index is 6.38. The van der Waals surface area contributed by atoms with E-state index < -0.39 is 5.66 Å². The molecule has 0 radical (unpaired) electrons. The highest BCUT2D eigenvalue weighted by Crippen LogP contribution is 2.41. The Morgan fingerprint density at radius 2 is 1.79 bits per heavy atom. The molecular formula is C20H28N8S. The Hall–Kier alpha value is -2.39.